The van der Waals surface area contributed by atoms with Crippen LogP contribution in [0.4, 0.5) is 17.1 Å². The molecule has 1 heterocycles. The molecule has 0 radical (unpaired) electrons. The molecule has 0 unspecified atom stereocenters. The van der Waals surface area contributed by atoms with Crippen LogP contribution in [0.15, 0.2) is 279 Å². The molecular formula is C69H46N2. The van der Waals surface area contributed by atoms with Gasteiger partial charge in [-0.15, -0.1) is 0 Å². The molecule has 332 valence electrons. The molecule has 1 aliphatic rings. The molecule has 0 saturated heterocycles. The minimum atomic E-state index is -0.533. The predicted molar refractivity (Wildman–Crippen MR) is 299 cm³/mol. The third kappa shape index (κ3) is 6.35. The van der Waals surface area contributed by atoms with Gasteiger partial charge in [0.1, 0.15) is 0 Å². The minimum absolute atomic E-state index is 0.533. The molecule has 0 spiro atoms. The minimum Gasteiger partial charge on any atom is -0.310 e. The van der Waals surface area contributed by atoms with Crippen molar-refractivity contribution in [2.75, 3.05) is 4.90 Å². The SMILES string of the molecule is c1ccc(-n2c3ccccc3c3cc(-c4cccc(N(c5ccc(-c6cccc7c6ccc6ccccc67)cc5)c5cccc6c5-c5ccccc5C6(c5ccccc5)c5ccccc5)c4)ccc32)cc1. The summed E-state index contributed by atoms with van der Waals surface area (Å²) in [6.07, 6.45) is 0. The van der Waals surface area contributed by atoms with Crippen molar-refractivity contribution >= 4 is 60.4 Å². The summed E-state index contributed by atoms with van der Waals surface area (Å²) in [5.41, 5.74) is 18.6. The van der Waals surface area contributed by atoms with E-state index in [2.05, 4.69) is 289 Å². The number of anilines is 3. The van der Waals surface area contributed by atoms with Crippen LogP contribution in [-0.2, 0) is 5.41 Å². The Bertz CT molecular complexity index is 4110. The molecule has 13 aromatic rings. The highest BCUT2D eigenvalue weighted by Crippen LogP contribution is 2.59. The largest absolute Gasteiger partial charge is 0.310 e. The van der Waals surface area contributed by atoms with Gasteiger partial charge in [-0.2, -0.15) is 0 Å². The summed E-state index contributed by atoms with van der Waals surface area (Å²) in [4.78, 5) is 2.49. The number of para-hydroxylation sites is 2. The van der Waals surface area contributed by atoms with Gasteiger partial charge < -0.3 is 9.47 Å². The highest BCUT2D eigenvalue weighted by Gasteiger charge is 2.47. The molecule has 0 amide bonds. The van der Waals surface area contributed by atoms with Crippen molar-refractivity contribution in [3.05, 3.63) is 301 Å². The molecule has 0 fully saturated rings. The second-order valence-corrected chi connectivity index (χ2v) is 18.8. The zero-order valence-electron chi connectivity index (χ0n) is 39.0. The summed E-state index contributed by atoms with van der Waals surface area (Å²) in [7, 11) is 0. The third-order valence-electron chi connectivity index (χ3n) is 15.0. The lowest BCUT2D eigenvalue weighted by atomic mass is 9.68. The van der Waals surface area contributed by atoms with Gasteiger partial charge in [0.15, 0.2) is 0 Å². The molecule has 0 saturated carbocycles. The topological polar surface area (TPSA) is 8.17 Å². The highest BCUT2D eigenvalue weighted by molar-refractivity contribution is 6.13. The summed E-state index contributed by atoms with van der Waals surface area (Å²) in [5.74, 6) is 0. The maximum absolute atomic E-state index is 2.49. The van der Waals surface area contributed by atoms with Gasteiger partial charge in [-0.05, 0) is 132 Å². The van der Waals surface area contributed by atoms with Crippen LogP contribution in [0.5, 0.6) is 0 Å². The lowest BCUT2D eigenvalue weighted by molar-refractivity contribution is 0.768. The van der Waals surface area contributed by atoms with E-state index in [1.165, 1.54) is 93.4 Å². The van der Waals surface area contributed by atoms with Gasteiger partial charge >= 0.3 is 0 Å². The number of hydrogen-bond acceptors (Lipinski definition) is 1. The van der Waals surface area contributed by atoms with Crippen LogP contribution < -0.4 is 4.90 Å². The Balaban J connectivity index is 0.979. The van der Waals surface area contributed by atoms with Gasteiger partial charge in [-0.3, -0.25) is 0 Å². The van der Waals surface area contributed by atoms with Crippen LogP contribution in [0, 0.1) is 0 Å². The number of rotatable bonds is 8. The van der Waals surface area contributed by atoms with Crippen molar-refractivity contribution in [1.82, 2.24) is 4.57 Å². The number of aromatic nitrogens is 1. The molecule has 1 aliphatic carbocycles. The lowest BCUT2D eigenvalue weighted by Gasteiger charge is -2.34. The average molecular weight is 903 g/mol. The van der Waals surface area contributed by atoms with Gasteiger partial charge in [0.25, 0.3) is 0 Å². The summed E-state index contributed by atoms with van der Waals surface area (Å²) < 4.78 is 2.38. The fraction of sp³-hybridized carbons (Fsp3) is 0.0145. The van der Waals surface area contributed by atoms with Crippen LogP contribution >= 0.6 is 0 Å². The van der Waals surface area contributed by atoms with Gasteiger partial charge in [0, 0.05) is 33.4 Å². The molecular weight excluding hydrogens is 857 g/mol. The molecule has 2 heteroatoms. The molecule has 0 bridgehead atoms. The monoisotopic (exact) mass is 902 g/mol. The fourth-order valence-electron chi connectivity index (χ4n) is 12.0. The van der Waals surface area contributed by atoms with E-state index in [1.54, 1.807) is 0 Å². The quantitative estimate of drug-likeness (QED) is 0.138. The second-order valence-electron chi connectivity index (χ2n) is 18.8. The van der Waals surface area contributed by atoms with Gasteiger partial charge in [0.05, 0.1) is 22.1 Å². The zero-order valence-corrected chi connectivity index (χ0v) is 39.0. The first-order chi connectivity index (χ1) is 35.2. The van der Waals surface area contributed by atoms with Crippen molar-refractivity contribution in [2.45, 2.75) is 5.41 Å². The first-order valence-corrected chi connectivity index (χ1v) is 24.6. The van der Waals surface area contributed by atoms with E-state index in [0.717, 1.165) is 28.3 Å². The van der Waals surface area contributed by atoms with Crippen molar-refractivity contribution in [3.63, 3.8) is 0 Å². The van der Waals surface area contributed by atoms with E-state index < -0.39 is 5.41 Å². The maximum Gasteiger partial charge on any atom is 0.0714 e. The predicted octanol–water partition coefficient (Wildman–Crippen LogP) is 18.3. The molecule has 0 aliphatic heterocycles. The Hall–Kier alpha value is -9.24. The van der Waals surface area contributed by atoms with Gasteiger partial charge in [-0.25, -0.2) is 0 Å². The van der Waals surface area contributed by atoms with E-state index >= 15 is 0 Å². The smallest absolute Gasteiger partial charge is 0.0714 e. The summed E-state index contributed by atoms with van der Waals surface area (Å²) in [6.45, 7) is 0. The third-order valence-corrected chi connectivity index (χ3v) is 15.0. The molecule has 2 nitrogen and oxygen atoms in total. The highest BCUT2D eigenvalue weighted by atomic mass is 15.1. The zero-order chi connectivity index (χ0) is 46.9. The molecule has 12 aromatic carbocycles. The van der Waals surface area contributed by atoms with Crippen molar-refractivity contribution in [1.29, 1.82) is 0 Å². The number of nitrogens with zero attached hydrogens (tertiary/aromatic N) is 2. The van der Waals surface area contributed by atoms with E-state index in [-0.39, 0.29) is 0 Å². The second kappa shape index (κ2) is 16.5. The normalized spacial score (nSPS) is 12.6. The van der Waals surface area contributed by atoms with Gasteiger partial charge in [0.2, 0.25) is 0 Å². The van der Waals surface area contributed by atoms with E-state index in [0.29, 0.717) is 0 Å². The fourth-order valence-corrected chi connectivity index (χ4v) is 12.0. The van der Waals surface area contributed by atoms with Crippen LogP contribution in [-0.4, -0.2) is 4.57 Å². The summed E-state index contributed by atoms with van der Waals surface area (Å²) in [5, 5.41) is 7.52. The Labute approximate surface area is 413 Å². The van der Waals surface area contributed by atoms with Crippen molar-refractivity contribution < 1.29 is 0 Å². The first kappa shape index (κ1) is 40.8. The standard InChI is InChI=1S/C69H46N2/c1-4-21-51(22-5-1)69(52-23-6-2-7-24-52)63-33-14-12-30-61(63)68-64(69)34-18-36-67(68)70(54-41-37-48(38-42-54)57-31-17-32-58-56-28-11-10-19-47(56)39-43-59(57)58)55-27-16-20-49(45-55)50-40-44-66-62(46-50)60-29-13-15-35-65(60)71(66)53-25-8-3-9-26-53/h1-46H. The molecule has 0 N–H and O–H groups in total. The Morgan fingerprint density at radius 1 is 0.310 bits per heavy atom. The van der Waals surface area contributed by atoms with Crippen molar-refractivity contribution in [3.8, 4) is 39.1 Å². The van der Waals surface area contributed by atoms with Crippen LogP contribution in [0.3, 0.4) is 0 Å². The first-order valence-electron chi connectivity index (χ1n) is 24.6. The Morgan fingerprint density at radius 3 is 1.70 bits per heavy atom. The van der Waals surface area contributed by atoms with Gasteiger partial charge in [-0.1, -0.05) is 218 Å². The van der Waals surface area contributed by atoms with E-state index in [4.69, 9.17) is 0 Å². The number of hydrogen-bond donors (Lipinski definition) is 0. The lowest BCUT2D eigenvalue weighted by Crippen LogP contribution is -2.28. The maximum atomic E-state index is 2.49. The van der Waals surface area contributed by atoms with E-state index in [9.17, 15) is 0 Å². The number of benzene rings is 12. The molecule has 1 aromatic heterocycles. The average Bonchev–Trinajstić information content (AvgIpc) is 3.95. The molecule has 71 heavy (non-hydrogen) atoms. The van der Waals surface area contributed by atoms with Crippen LogP contribution in [0.25, 0.3) is 82.4 Å². The van der Waals surface area contributed by atoms with Crippen molar-refractivity contribution in [2.24, 2.45) is 0 Å². The Morgan fingerprint density at radius 2 is 0.901 bits per heavy atom. The number of fused-ring (bicyclic) bond motifs is 9. The molecule has 0 atom stereocenters. The van der Waals surface area contributed by atoms with Crippen LogP contribution in [0.2, 0.25) is 0 Å². The van der Waals surface area contributed by atoms with E-state index in [1.807, 2.05) is 0 Å². The summed E-state index contributed by atoms with van der Waals surface area (Å²) in [6, 6.07) is 103. The van der Waals surface area contributed by atoms with Crippen LogP contribution in [0.1, 0.15) is 22.3 Å². The summed E-state index contributed by atoms with van der Waals surface area (Å²) >= 11 is 0. The Kier molecular flexibility index (Phi) is 9.47. The molecule has 14 rings (SSSR count).